The maximum absolute atomic E-state index is 12.6. The standard InChI is InChI=1S/C16H21NO4S/c1-11-3-2-8-17(10-11)22(20,21)13-6-4-12(5-7-13)14-9-15(14)16(18)19/h4-7,11,14-15H,2-3,8-10H2,1H3,(H,18,19). The zero-order valence-corrected chi connectivity index (χ0v) is 13.4. The number of benzene rings is 1. The largest absolute Gasteiger partial charge is 0.481 e. The average molecular weight is 323 g/mol. The summed E-state index contributed by atoms with van der Waals surface area (Å²) >= 11 is 0. The molecule has 6 heteroatoms. The SMILES string of the molecule is CC1CCCN(S(=O)(=O)c2ccc(C3CC3C(=O)O)cc2)C1. The van der Waals surface area contributed by atoms with Crippen LogP contribution >= 0.6 is 0 Å². The lowest BCUT2D eigenvalue weighted by Crippen LogP contribution is -2.39. The maximum atomic E-state index is 12.6. The van der Waals surface area contributed by atoms with Crippen molar-refractivity contribution < 1.29 is 18.3 Å². The summed E-state index contributed by atoms with van der Waals surface area (Å²) in [5.74, 6) is -0.663. The van der Waals surface area contributed by atoms with Crippen LogP contribution in [0.4, 0.5) is 0 Å². The number of rotatable bonds is 4. The fourth-order valence-corrected chi connectivity index (χ4v) is 4.84. The third-order valence-electron chi connectivity index (χ3n) is 4.67. The molecule has 1 saturated carbocycles. The van der Waals surface area contributed by atoms with Crippen LogP contribution in [-0.4, -0.2) is 36.9 Å². The Kier molecular flexibility index (Phi) is 3.99. The molecule has 0 amide bonds. The molecule has 2 fully saturated rings. The second-order valence-electron chi connectivity index (χ2n) is 6.47. The van der Waals surface area contributed by atoms with E-state index < -0.39 is 16.0 Å². The Bertz CT molecular complexity index is 668. The molecule has 3 atom stereocenters. The topological polar surface area (TPSA) is 74.7 Å². The first kappa shape index (κ1) is 15.5. The van der Waals surface area contributed by atoms with Crippen LogP contribution in [0.2, 0.25) is 0 Å². The van der Waals surface area contributed by atoms with E-state index in [2.05, 4.69) is 6.92 Å². The third-order valence-corrected chi connectivity index (χ3v) is 6.55. The van der Waals surface area contributed by atoms with E-state index in [9.17, 15) is 13.2 Å². The van der Waals surface area contributed by atoms with Gasteiger partial charge in [0.25, 0.3) is 0 Å². The highest BCUT2D eigenvalue weighted by molar-refractivity contribution is 7.89. The van der Waals surface area contributed by atoms with Crippen LogP contribution in [0.3, 0.4) is 0 Å². The quantitative estimate of drug-likeness (QED) is 0.922. The molecule has 3 unspecified atom stereocenters. The van der Waals surface area contributed by atoms with Gasteiger partial charge >= 0.3 is 5.97 Å². The van der Waals surface area contributed by atoms with E-state index >= 15 is 0 Å². The van der Waals surface area contributed by atoms with Crippen molar-refractivity contribution in [1.82, 2.24) is 4.31 Å². The molecule has 1 aliphatic heterocycles. The Hall–Kier alpha value is -1.40. The maximum Gasteiger partial charge on any atom is 0.307 e. The van der Waals surface area contributed by atoms with E-state index in [-0.39, 0.29) is 11.8 Å². The van der Waals surface area contributed by atoms with Gasteiger partial charge in [-0.3, -0.25) is 4.79 Å². The normalized spacial score (nSPS) is 29.2. The van der Waals surface area contributed by atoms with Crippen LogP contribution in [0.25, 0.3) is 0 Å². The Morgan fingerprint density at radius 1 is 1.27 bits per heavy atom. The lowest BCUT2D eigenvalue weighted by molar-refractivity contribution is -0.138. The number of piperidine rings is 1. The van der Waals surface area contributed by atoms with Gasteiger partial charge in [0.1, 0.15) is 0 Å². The molecule has 2 aliphatic rings. The molecular weight excluding hydrogens is 302 g/mol. The summed E-state index contributed by atoms with van der Waals surface area (Å²) in [6.07, 6.45) is 2.62. The van der Waals surface area contributed by atoms with E-state index in [0.29, 0.717) is 30.3 Å². The van der Waals surface area contributed by atoms with E-state index in [0.717, 1.165) is 18.4 Å². The minimum Gasteiger partial charge on any atom is -0.481 e. The monoisotopic (exact) mass is 323 g/mol. The molecule has 0 spiro atoms. The van der Waals surface area contributed by atoms with Gasteiger partial charge in [-0.25, -0.2) is 8.42 Å². The van der Waals surface area contributed by atoms with Crippen LogP contribution in [0.5, 0.6) is 0 Å². The summed E-state index contributed by atoms with van der Waals surface area (Å²) in [6, 6.07) is 6.74. The second-order valence-corrected chi connectivity index (χ2v) is 8.40. The minimum absolute atomic E-state index is 0.0317. The number of nitrogens with zero attached hydrogens (tertiary/aromatic N) is 1. The van der Waals surface area contributed by atoms with Crippen LogP contribution in [0.1, 0.15) is 37.7 Å². The molecule has 0 bridgehead atoms. The number of hydrogen-bond acceptors (Lipinski definition) is 3. The number of carbonyl (C=O) groups is 1. The summed E-state index contributed by atoms with van der Waals surface area (Å²) in [5, 5.41) is 8.96. The fourth-order valence-electron chi connectivity index (χ4n) is 3.24. The average Bonchev–Trinajstić information content (AvgIpc) is 3.28. The predicted octanol–water partition coefficient (Wildman–Crippen LogP) is 2.30. The highest BCUT2D eigenvalue weighted by atomic mass is 32.2. The summed E-state index contributed by atoms with van der Waals surface area (Å²) in [4.78, 5) is 11.2. The number of carboxylic acid groups (broad SMARTS) is 1. The van der Waals surface area contributed by atoms with Crippen LogP contribution in [0.15, 0.2) is 29.2 Å². The molecule has 3 rings (SSSR count). The summed E-state index contributed by atoms with van der Waals surface area (Å²) < 4.78 is 26.8. The molecule has 0 radical (unpaired) electrons. The van der Waals surface area contributed by atoms with Crippen molar-refractivity contribution in [3.05, 3.63) is 29.8 Å². The molecule has 5 nitrogen and oxygen atoms in total. The molecule has 22 heavy (non-hydrogen) atoms. The van der Waals surface area contributed by atoms with Crippen LogP contribution in [-0.2, 0) is 14.8 Å². The summed E-state index contributed by atoms with van der Waals surface area (Å²) in [7, 11) is -3.43. The molecule has 1 saturated heterocycles. The van der Waals surface area contributed by atoms with Gasteiger partial charge in [0.15, 0.2) is 0 Å². The molecule has 1 heterocycles. The molecular formula is C16H21NO4S. The van der Waals surface area contributed by atoms with Gasteiger partial charge in [-0.15, -0.1) is 0 Å². The van der Waals surface area contributed by atoms with Gasteiger partial charge in [-0.05, 0) is 48.8 Å². The van der Waals surface area contributed by atoms with Gasteiger partial charge in [-0.1, -0.05) is 19.1 Å². The molecule has 1 aromatic carbocycles. The number of aliphatic carboxylic acids is 1. The molecule has 1 aliphatic carbocycles. The number of hydrogen-bond donors (Lipinski definition) is 1. The Morgan fingerprint density at radius 3 is 2.50 bits per heavy atom. The first-order valence-electron chi connectivity index (χ1n) is 7.72. The lowest BCUT2D eigenvalue weighted by Gasteiger charge is -2.30. The molecule has 120 valence electrons. The van der Waals surface area contributed by atoms with Gasteiger partial charge in [0, 0.05) is 13.1 Å². The van der Waals surface area contributed by atoms with Crippen LogP contribution < -0.4 is 0 Å². The van der Waals surface area contributed by atoms with Gasteiger partial charge in [-0.2, -0.15) is 4.31 Å². The first-order valence-corrected chi connectivity index (χ1v) is 9.16. The number of sulfonamides is 1. The fraction of sp³-hybridized carbons (Fsp3) is 0.562. The van der Waals surface area contributed by atoms with Crippen molar-refractivity contribution in [2.75, 3.05) is 13.1 Å². The van der Waals surface area contributed by atoms with E-state index in [4.69, 9.17) is 5.11 Å². The van der Waals surface area contributed by atoms with E-state index in [1.165, 1.54) is 0 Å². The zero-order valence-electron chi connectivity index (χ0n) is 12.6. The molecule has 1 N–H and O–H groups in total. The smallest absolute Gasteiger partial charge is 0.307 e. The summed E-state index contributed by atoms with van der Waals surface area (Å²) in [6.45, 7) is 3.23. The Balaban J connectivity index is 1.76. The van der Waals surface area contributed by atoms with Crippen molar-refractivity contribution >= 4 is 16.0 Å². The van der Waals surface area contributed by atoms with Gasteiger partial charge < -0.3 is 5.11 Å². The van der Waals surface area contributed by atoms with Crippen molar-refractivity contribution in [3.8, 4) is 0 Å². The van der Waals surface area contributed by atoms with Crippen molar-refractivity contribution in [2.24, 2.45) is 11.8 Å². The van der Waals surface area contributed by atoms with Crippen LogP contribution in [0, 0.1) is 11.8 Å². The number of carboxylic acids is 1. The second kappa shape index (κ2) is 5.66. The first-order chi connectivity index (χ1) is 10.4. The predicted molar refractivity (Wildman–Crippen MR) is 82.1 cm³/mol. The lowest BCUT2D eigenvalue weighted by atomic mass is 10.0. The van der Waals surface area contributed by atoms with Crippen molar-refractivity contribution in [1.29, 1.82) is 0 Å². The van der Waals surface area contributed by atoms with E-state index in [1.807, 2.05) is 0 Å². The molecule has 0 aromatic heterocycles. The Labute approximate surface area is 131 Å². The highest BCUT2D eigenvalue weighted by Gasteiger charge is 2.44. The minimum atomic E-state index is -3.43. The van der Waals surface area contributed by atoms with Gasteiger partial charge in [0.2, 0.25) is 10.0 Å². The molecule has 1 aromatic rings. The third kappa shape index (κ3) is 2.90. The van der Waals surface area contributed by atoms with Crippen molar-refractivity contribution in [2.45, 2.75) is 37.0 Å². The highest BCUT2D eigenvalue weighted by Crippen LogP contribution is 2.47. The Morgan fingerprint density at radius 2 is 1.95 bits per heavy atom. The zero-order chi connectivity index (χ0) is 15.9. The van der Waals surface area contributed by atoms with Gasteiger partial charge in [0.05, 0.1) is 10.8 Å². The van der Waals surface area contributed by atoms with E-state index in [1.54, 1.807) is 28.6 Å². The van der Waals surface area contributed by atoms with Crippen molar-refractivity contribution in [3.63, 3.8) is 0 Å². The summed E-state index contributed by atoms with van der Waals surface area (Å²) in [5.41, 5.74) is 0.915.